The van der Waals surface area contributed by atoms with E-state index in [2.05, 4.69) is 45.6 Å². The summed E-state index contributed by atoms with van der Waals surface area (Å²) in [7, 11) is 1.59. The molecule has 2 N–H and O–H groups in total. The molecule has 2 atom stereocenters. The third-order valence-corrected chi connectivity index (χ3v) is 4.42. The molecule has 5 heteroatoms. The summed E-state index contributed by atoms with van der Waals surface area (Å²) in [6.45, 7) is 3.97. The molecule has 0 bridgehead atoms. The number of hydrogen-bond acceptors (Lipinski definition) is 3. The molecule has 0 unspecified atom stereocenters. The Balaban J connectivity index is 2.03. The monoisotopic (exact) mass is 390 g/mol. The molecule has 2 aromatic rings. The number of carbonyl (C=O) groups excluding carboxylic acids is 1. The lowest BCUT2D eigenvalue weighted by Crippen LogP contribution is -2.40. The molecule has 0 aliphatic heterocycles. The molecule has 0 radical (unpaired) electrons. The summed E-state index contributed by atoms with van der Waals surface area (Å²) in [6.07, 6.45) is 0.897. The maximum Gasteiger partial charge on any atom is 0.241 e. The third kappa shape index (κ3) is 4.82. The smallest absolute Gasteiger partial charge is 0.241 e. The van der Waals surface area contributed by atoms with Crippen molar-refractivity contribution in [2.24, 2.45) is 0 Å². The molecule has 0 saturated heterocycles. The molecule has 128 valence electrons. The zero-order chi connectivity index (χ0) is 17.5. The van der Waals surface area contributed by atoms with E-state index in [9.17, 15) is 4.79 Å². The van der Waals surface area contributed by atoms with Crippen molar-refractivity contribution in [1.29, 1.82) is 0 Å². The molecule has 1 amide bonds. The molecule has 2 rings (SSSR count). The average Bonchev–Trinajstić information content (AvgIpc) is 2.60. The highest BCUT2D eigenvalue weighted by Crippen LogP contribution is 2.24. The van der Waals surface area contributed by atoms with Gasteiger partial charge in [0, 0.05) is 10.5 Å². The van der Waals surface area contributed by atoms with Crippen LogP contribution in [0.25, 0.3) is 0 Å². The Kier molecular flexibility index (Phi) is 6.82. The quantitative estimate of drug-likeness (QED) is 0.730. The van der Waals surface area contributed by atoms with Crippen LogP contribution in [0, 0.1) is 0 Å². The molecule has 0 saturated carbocycles. The van der Waals surface area contributed by atoms with E-state index in [1.807, 2.05) is 43.3 Å². The van der Waals surface area contributed by atoms with Crippen molar-refractivity contribution < 1.29 is 9.53 Å². The number of benzene rings is 2. The van der Waals surface area contributed by atoms with Crippen LogP contribution in [-0.2, 0) is 4.79 Å². The summed E-state index contributed by atoms with van der Waals surface area (Å²) in [4.78, 5) is 12.5. The van der Waals surface area contributed by atoms with Crippen LogP contribution in [0.1, 0.15) is 31.9 Å². The van der Waals surface area contributed by atoms with Crippen molar-refractivity contribution in [3.05, 3.63) is 58.6 Å². The van der Waals surface area contributed by atoms with Crippen molar-refractivity contribution in [2.75, 3.05) is 12.4 Å². The second kappa shape index (κ2) is 8.85. The molecule has 0 aliphatic carbocycles. The van der Waals surface area contributed by atoms with Crippen LogP contribution in [0.4, 0.5) is 5.69 Å². The summed E-state index contributed by atoms with van der Waals surface area (Å²) >= 11 is 3.44. The molecular weight excluding hydrogens is 368 g/mol. The number of anilines is 1. The Morgan fingerprint density at radius 1 is 1.17 bits per heavy atom. The first kappa shape index (κ1) is 18.5. The van der Waals surface area contributed by atoms with Gasteiger partial charge in [0.2, 0.25) is 5.91 Å². The highest BCUT2D eigenvalue weighted by atomic mass is 79.9. The van der Waals surface area contributed by atoms with Crippen LogP contribution in [0.15, 0.2) is 53.0 Å². The number of amides is 1. The normalized spacial score (nSPS) is 13.2. The standard InChI is InChI=1S/C19H23BrN2O2/c1-4-16(14-9-11-15(20)12-10-14)21-13(2)19(23)22-17-7-5-6-8-18(17)24-3/h5-13,16,21H,4H2,1-3H3,(H,22,23)/t13-,16+/m1/s1. The number of ether oxygens (including phenoxy) is 1. The van der Waals surface area contributed by atoms with Gasteiger partial charge in [-0.25, -0.2) is 0 Å². The number of para-hydroxylation sites is 2. The van der Waals surface area contributed by atoms with Crippen molar-refractivity contribution in [3.8, 4) is 5.75 Å². The van der Waals surface area contributed by atoms with Crippen molar-refractivity contribution in [2.45, 2.75) is 32.4 Å². The van der Waals surface area contributed by atoms with E-state index >= 15 is 0 Å². The number of rotatable bonds is 7. The lowest BCUT2D eigenvalue weighted by molar-refractivity contribution is -0.118. The van der Waals surface area contributed by atoms with Gasteiger partial charge in [0.1, 0.15) is 5.75 Å². The minimum atomic E-state index is -0.330. The van der Waals surface area contributed by atoms with Gasteiger partial charge in [-0.3, -0.25) is 10.1 Å². The van der Waals surface area contributed by atoms with Crippen LogP contribution in [0.5, 0.6) is 5.75 Å². The van der Waals surface area contributed by atoms with E-state index in [-0.39, 0.29) is 18.0 Å². The van der Waals surface area contributed by atoms with Gasteiger partial charge in [-0.15, -0.1) is 0 Å². The summed E-state index contributed by atoms with van der Waals surface area (Å²) in [6, 6.07) is 15.3. The number of carbonyl (C=O) groups is 1. The lowest BCUT2D eigenvalue weighted by atomic mass is 10.0. The summed E-state index contributed by atoms with van der Waals surface area (Å²) in [5.74, 6) is 0.563. The molecule has 0 spiro atoms. The van der Waals surface area contributed by atoms with Crippen LogP contribution < -0.4 is 15.4 Å². The summed E-state index contributed by atoms with van der Waals surface area (Å²) in [5, 5.41) is 6.31. The highest BCUT2D eigenvalue weighted by molar-refractivity contribution is 9.10. The third-order valence-electron chi connectivity index (χ3n) is 3.89. The first-order chi connectivity index (χ1) is 11.5. The number of halogens is 1. The van der Waals surface area contributed by atoms with E-state index in [1.54, 1.807) is 7.11 Å². The van der Waals surface area contributed by atoms with Gasteiger partial charge in [-0.2, -0.15) is 0 Å². The van der Waals surface area contributed by atoms with Gasteiger partial charge in [0.15, 0.2) is 0 Å². The zero-order valence-electron chi connectivity index (χ0n) is 14.2. The topological polar surface area (TPSA) is 50.4 Å². The molecule has 2 aromatic carbocycles. The van der Waals surface area contributed by atoms with Gasteiger partial charge in [-0.05, 0) is 43.2 Å². The van der Waals surface area contributed by atoms with E-state index < -0.39 is 0 Å². The Morgan fingerprint density at radius 3 is 2.46 bits per heavy atom. The predicted molar refractivity (Wildman–Crippen MR) is 101 cm³/mol. The lowest BCUT2D eigenvalue weighted by Gasteiger charge is -2.22. The Labute approximate surface area is 151 Å². The molecule has 0 aromatic heterocycles. The van der Waals surface area contributed by atoms with E-state index in [0.29, 0.717) is 11.4 Å². The van der Waals surface area contributed by atoms with E-state index in [4.69, 9.17) is 4.74 Å². The molecule has 24 heavy (non-hydrogen) atoms. The fraction of sp³-hybridized carbons (Fsp3) is 0.316. The molecule has 0 heterocycles. The first-order valence-corrected chi connectivity index (χ1v) is 8.79. The van der Waals surface area contributed by atoms with Crippen LogP contribution in [0.3, 0.4) is 0 Å². The fourth-order valence-corrected chi connectivity index (χ4v) is 2.78. The molecule has 0 aliphatic rings. The van der Waals surface area contributed by atoms with Gasteiger partial charge in [0.05, 0.1) is 18.8 Å². The minimum absolute atomic E-state index is 0.0879. The first-order valence-electron chi connectivity index (χ1n) is 8.00. The second-order valence-corrected chi connectivity index (χ2v) is 6.51. The molecule has 0 fully saturated rings. The van der Waals surface area contributed by atoms with Gasteiger partial charge in [0.25, 0.3) is 0 Å². The summed E-state index contributed by atoms with van der Waals surface area (Å²) < 4.78 is 6.31. The maximum absolute atomic E-state index is 12.5. The van der Waals surface area contributed by atoms with Crippen molar-refractivity contribution in [1.82, 2.24) is 5.32 Å². The Morgan fingerprint density at radius 2 is 1.83 bits per heavy atom. The van der Waals surface area contributed by atoms with Gasteiger partial charge >= 0.3 is 0 Å². The summed E-state index contributed by atoms with van der Waals surface area (Å²) in [5.41, 5.74) is 1.84. The van der Waals surface area contributed by atoms with Crippen molar-refractivity contribution >= 4 is 27.5 Å². The Bertz CT molecular complexity index is 673. The van der Waals surface area contributed by atoms with Crippen LogP contribution >= 0.6 is 15.9 Å². The SMILES string of the molecule is CC[C@H](N[C@H](C)C(=O)Nc1ccccc1OC)c1ccc(Br)cc1. The predicted octanol–water partition coefficient (Wildman–Crippen LogP) is 4.53. The number of hydrogen-bond donors (Lipinski definition) is 2. The van der Waals surface area contributed by atoms with E-state index in [0.717, 1.165) is 16.5 Å². The number of methoxy groups -OCH3 is 1. The van der Waals surface area contributed by atoms with Crippen molar-refractivity contribution in [3.63, 3.8) is 0 Å². The maximum atomic E-state index is 12.5. The van der Waals surface area contributed by atoms with E-state index in [1.165, 1.54) is 0 Å². The van der Waals surface area contributed by atoms with Crippen LogP contribution in [0.2, 0.25) is 0 Å². The zero-order valence-corrected chi connectivity index (χ0v) is 15.8. The largest absolute Gasteiger partial charge is 0.495 e. The molecule has 4 nitrogen and oxygen atoms in total. The van der Waals surface area contributed by atoms with Crippen LogP contribution in [-0.4, -0.2) is 19.1 Å². The average molecular weight is 391 g/mol. The van der Waals surface area contributed by atoms with Gasteiger partial charge < -0.3 is 10.1 Å². The highest BCUT2D eigenvalue weighted by Gasteiger charge is 2.19. The number of nitrogens with one attached hydrogen (secondary N) is 2. The Hall–Kier alpha value is -1.85. The second-order valence-electron chi connectivity index (χ2n) is 5.59. The molecular formula is C19H23BrN2O2. The van der Waals surface area contributed by atoms with Gasteiger partial charge in [-0.1, -0.05) is 47.1 Å². The fourth-order valence-electron chi connectivity index (χ4n) is 2.51. The minimum Gasteiger partial charge on any atom is -0.495 e.